The van der Waals surface area contributed by atoms with Crippen molar-refractivity contribution in [1.29, 1.82) is 0 Å². The van der Waals surface area contributed by atoms with Gasteiger partial charge in [-0.1, -0.05) is 140 Å². The summed E-state index contributed by atoms with van der Waals surface area (Å²) in [6.07, 6.45) is 0. The first kappa shape index (κ1) is 27.9. The van der Waals surface area contributed by atoms with E-state index >= 15 is 0 Å². The lowest BCUT2D eigenvalue weighted by molar-refractivity contribution is 0.669. The average Bonchev–Trinajstić information content (AvgIpc) is 3.53. The first-order valence-corrected chi connectivity index (χ1v) is 16.4. The molecule has 0 atom stereocenters. The van der Waals surface area contributed by atoms with Crippen LogP contribution in [0.1, 0.15) is 0 Å². The summed E-state index contributed by atoms with van der Waals surface area (Å²) in [6.45, 7) is 0. The van der Waals surface area contributed by atoms with E-state index in [-0.39, 0.29) is 0 Å². The van der Waals surface area contributed by atoms with Crippen LogP contribution in [-0.4, -0.2) is 0 Å². The molecule has 0 aliphatic heterocycles. The summed E-state index contributed by atoms with van der Waals surface area (Å²) in [4.78, 5) is 2.39. The van der Waals surface area contributed by atoms with Gasteiger partial charge in [0.2, 0.25) is 0 Å². The molecular formula is C46H31NO. The number of fused-ring (bicyclic) bond motifs is 4. The topological polar surface area (TPSA) is 16.4 Å². The van der Waals surface area contributed by atoms with Crippen molar-refractivity contribution in [3.63, 3.8) is 0 Å². The van der Waals surface area contributed by atoms with Crippen LogP contribution in [0, 0.1) is 0 Å². The van der Waals surface area contributed by atoms with Crippen LogP contribution in [0.4, 0.5) is 17.1 Å². The normalized spacial score (nSPS) is 11.3. The Morgan fingerprint density at radius 3 is 1.56 bits per heavy atom. The van der Waals surface area contributed by atoms with Crippen LogP contribution < -0.4 is 4.90 Å². The fourth-order valence-corrected chi connectivity index (χ4v) is 7.02. The SMILES string of the molecule is c1ccc(-c2ccc3oc4ccc(N(c5ccccc5)c5cc(-c6ccccc6)c(-c6ccccc6)c6ccccc56)cc4c3c2)cc1. The molecule has 1 aromatic heterocycles. The minimum absolute atomic E-state index is 0.876. The maximum atomic E-state index is 6.38. The van der Waals surface area contributed by atoms with Gasteiger partial charge in [-0.3, -0.25) is 0 Å². The maximum absolute atomic E-state index is 6.38. The quantitative estimate of drug-likeness (QED) is 0.185. The number of benzene rings is 8. The zero-order chi connectivity index (χ0) is 31.9. The Morgan fingerprint density at radius 2 is 0.875 bits per heavy atom. The van der Waals surface area contributed by atoms with E-state index < -0.39 is 0 Å². The first-order chi connectivity index (χ1) is 23.8. The van der Waals surface area contributed by atoms with Crippen molar-refractivity contribution >= 4 is 49.8 Å². The van der Waals surface area contributed by atoms with Gasteiger partial charge in [-0.05, 0) is 87.3 Å². The van der Waals surface area contributed by atoms with Crippen molar-refractivity contribution in [2.75, 3.05) is 4.90 Å². The lowest BCUT2D eigenvalue weighted by Crippen LogP contribution is -2.11. The summed E-state index contributed by atoms with van der Waals surface area (Å²) in [5, 5.41) is 4.59. The van der Waals surface area contributed by atoms with Gasteiger partial charge >= 0.3 is 0 Å². The minimum atomic E-state index is 0.876. The van der Waals surface area contributed by atoms with Crippen molar-refractivity contribution in [2.24, 2.45) is 0 Å². The second kappa shape index (κ2) is 11.8. The van der Waals surface area contributed by atoms with Gasteiger partial charge in [-0.2, -0.15) is 0 Å². The molecule has 0 aliphatic carbocycles. The molecule has 2 nitrogen and oxygen atoms in total. The zero-order valence-corrected chi connectivity index (χ0v) is 26.3. The molecule has 0 amide bonds. The number of furan rings is 1. The van der Waals surface area contributed by atoms with Gasteiger partial charge in [0.25, 0.3) is 0 Å². The van der Waals surface area contributed by atoms with Crippen LogP contribution in [0.25, 0.3) is 66.1 Å². The van der Waals surface area contributed by atoms with Crippen LogP contribution >= 0.6 is 0 Å². The van der Waals surface area contributed by atoms with Crippen molar-refractivity contribution < 1.29 is 4.42 Å². The number of rotatable bonds is 6. The van der Waals surface area contributed by atoms with E-state index in [4.69, 9.17) is 4.42 Å². The van der Waals surface area contributed by atoms with Gasteiger partial charge in [0.15, 0.2) is 0 Å². The van der Waals surface area contributed by atoms with Crippen molar-refractivity contribution in [2.45, 2.75) is 0 Å². The number of nitrogens with zero attached hydrogens (tertiary/aromatic N) is 1. The van der Waals surface area contributed by atoms with Crippen LogP contribution in [0.15, 0.2) is 192 Å². The summed E-state index contributed by atoms with van der Waals surface area (Å²) in [5.74, 6) is 0. The molecule has 0 N–H and O–H groups in total. The lowest BCUT2D eigenvalue weighted by Gasteiger charge is -2.29. The van der Waals surface area contributed by atoms with Gasteiger partial charge in [-0.25, -0.2) is 0 Å². The third kappa shape index (κ3) is 4.83. The highest BCUT2D eigenvalue weighted by Gasteiger charge is 2.22. The molecule has 1 heterocycles. The summed E-state index contributed by atoms with van der Waals surface area (Å²) in [6, 6.07) is 66.9. The van der Waals surface area contributed by atoms with E-state index in [1.165, 1.54) is 44.2 Å². The molecule has 0 aliphatic rings. The van der Waals surface area contributed by atoms with Gasteiger partial charge in [-0.15, -0.1) is 0 Å². The van der Waals surface area contributed by atoms with Crippen LogP contribution in [0.3, 0.4) is 0 Å². The monoisotopic (exact) mass is 613 g/mol. The second-order valence-electron chi connectivity index (χ2n) is 12.1. The minimum Gasteiger partial charge on any atom is -0.456 e. The Labute approximate surface area is 279 Å². The fraction of sp³-hybridized carbons (Fsp3) is 0. The van der Waals surface area contributed by atoms with Crippen molar-refractivity contribution in [3.8, 4) is 33.4 Å². The molecule has 48 heavy (non-hydrogen) atoms. The van der Waals surface area contributed by atoms with Gasteiger partial charge in [0, 0.05) is 27.5 Å². The molecule has 9 aromatic rings. The number of hydrogen-bond acceptors (Lipinski definition) is 2. The van der Waals surface area contributed by atoms with E-state index in [2.05, 4.69) is 193 Å². The third-order valence-corrected chi connectivity index (χ3v) is 9.24. The average molecular weight is 614 g/mol. The Bertz CT molecular complexity index is 2540. The summed E-state index contributed by atoms with van der Waals surface area (Å²) in [5.41, 5.74) is 12.2. The van der Waals surface area contributed by atoms with E-state index in [1.807, 2.05) is 0 Å². The predicted octanol–water partition coefficient (Wildman–Crippen LogP) is 13.2. The standard InChI is InChI=1S/C46H31NO/c1-5-15-32(16-6-1)35-25-27-44-41(29-35)42-30-37(26-28-45(42)48-44)47(36-21-11-4-12-22-36)43-31-40(33-17-7-2-8-18-33)46(34-19-9-3-10-20-34)39-24-14-13-23-38(39)43/h1-31H. The molecule has 0 spiro atoms. The molecule has 0 fully saturated rings. The highest BCUT2D eigenvalue weighted by atomic mass is 16.3. The number of para-hydroxylation sites is 1. The molecule has 0 saturated heterocycles. The molecule has 226 valence electrons. The van der Waals surface area contributed by atoms with Crippen LogP contribution in [0.2, 0.25) is 0 Å². The Balaban J connectivity index is 1.32. The Morgan fingerprint density at radius 1 is 0.333 bits per heavy atom. The van der Waals surface area contributed by atoms with Crippen molar-refractivity contribution in [1.82, 2.24) is 0 Å². The van der Waals surface area contributed by atoms with Gasteiger partial charge in [0.05, 0.1) is 5.69 Å². The van der Waals surface area contributed by atoms with E-state index in [0.717, 1.165) is 39.0 Å². The third-order valence-electron chi connectivity index (χ3n) is 9.24. The van der Waals surface area contributed by atoms with Crippen molar-refractivity contribution in [3.05, 3.63) is 188 Å². The van der Waals surface area contributed by atoms with Gasteiger partial charge in [0.1, 0.15) is 11.2 Å². The molecule has 2 heteroatoms. The maximum Gasteiger partial charge on any atom is 0.135 e. The molecule has 8 aromatic carbocycles. The predicted molar refractivity (Wildman–Crippen MR) is 202 cm³/mol. The first-order valence-electron chi connectivity index (χ1n) is 16.4. The number of anilines is 3. The van der Waals surface area contributed by atoms with E-state index in [9.17, 15) is 0 Å². The highest BCUT2D eigenvalue weighted by Crippen LogP contribution is 2.47. The molecule has 0 unspecified atom stereocenters. The van der Waals surface area contributed by atoms with Crippen LogP contribution in [0.5, 0.6) is 0 Å². The molecule has 0 radical (unpaired) electrons. The van der Waals surface area contributed by atoms with E-state index in [0.29, 0.717) is 0 Å². The lowest BCUT2D eigenvalue weighted by atomic mass is 9.88. The largest absolute Gasteiger partial charge is 0.456 e. The molecule has 9 rings (SSSR count). The zero-order valence-electron chi connectivity index (χ0n) is 26.3. The highest BCUT2D eigenvalue weighted by molar-refractivity contribution is 6.13. The summed E-state index contributed by atoms with van der Waals surface area (Å²) < 4.78 is 6.38. The second-order valence-corrected chi connectivity index (χ2v) is 12.1. The fourth-order valence-electron chi connectivity index (χ4n) is 7.02. The van der Waals surface area contributed by atoms with Crippen LogP contribution in [-0.2, 0) is 0 Å². The summed E-state index contributed by atoms with van der Waals surface area (Å²) >= 11 is 0. The smallest absolute Gasteiger partial charge is 0.135 e. The molecule has 0 bridgehead atoms. The number of hydrogen-bond donors (Lipinski definition) is 0. The molecular weight excluding hydrogens is 583 g/mol. The molecule has 0 saturated carbocycles. The Kier molecular flexibility index (Phi) is 6.84. The van der Waals surface area contributed by atoms with E-state index in [1.54, 1.807) is 0 Å². The summed E-state index contributed by atoms with van der Waals surface area (Å²) in [7, 11) is 0. The Hall–Kier alpha value is -6.38. The van der Waals surface area contributed by atoms with Gasteiger partial charge < -0.3 is 9.32 Å².